The number of rotatable bonds is 4. The first-order chi connectivity index (χ1) is 12.6. The van der Waals surface area contributed by atoms with Crippen LogP contribution in [0.1, 0.15) is 23.5 Å². The zero-order chi connectivity index (χ0) is 18.1. The van der Waals surface area contributed by atoms with Gasteiger partial charge in [0, 0.05) is 32.4 Å². The van der Waals surface area contributed by atoms with E-state index in [-0.39, 0.29) is 22.6 Å². The van der Waals surface area contributed by atoms with Gasteiger partial charge in [0.1, 0.15) is 10.6 Å². The number of hydrogen-bond donors (Lipinski definition) is 1. The van der Waals surface area contributed by atoms with Crippen molar-refractivity contribution in [1.29, 1.82) is 0 Å². The molecule has 2 fully saturated rings. The van der Waals surface area contributed by atoms with Crippen LogP contribution in [-0.2, 0) is 14.8 Å². The Bertz CT molecular complexity index is 893. The summed E-state index contributed by atoms with van der Waals surface area (Å²) in [4.78, 5) is 16.9. The van der Waals surface area contributed by atoms with Crippen LogP contribution in [-0.4, -0.2) is 78.1 Å². The Kier molecular flexibility index (Phi) is 4.51. The maximum atomic E-state index is 12.6. The molecule has 0 aromatic carbocycles. The monoisotopic (exact) mass is 381 g/mol. The van der Waals surface area contributed by atoms with Crippen LogP contribution in [0, 0.1) is 0 Å². The summed E-state index contributed by atoms with van der Waals surface area (Å²) < 4.78 is 37.3. The highest BCUT2D eigenvalue weighted by Gasteiger charge is 2.29. The van der Waals surface area contributed by atoms with E-state index >= 15 is 0 Å². The Morgan fingerprint density at radius 2 is 1.85 bits per heavy atom. The topological polar surface area (TPSA) is 122 Å². The first kappa shape index (κ1) is 17.2. The van der Waals surface area contributed by atoms with Gasteiger partial charge in [-0.3, -0.25) is 4.79 Å². The summed E-state index contributed by atoms with van der Waals surface area (Å²) in [6.45, 7) is 2.75. The zero-order valence-electron chi connectivity index (χ0n) is 14.0. The number of amides is 1. The smallest absolute Gasteiger partial charge is 0.311 e. The SMILES string of the molecule is O=C(c1nnc(-c2cc(S(=O)(=O)N3CCOCC3)c[nH]2)o1)N1CCCC1. The quantitative estimate of drug-likeness (QED) is 0.809. The van der Waals surface area contributed by atoms with E-state index < -0.39 is 10.0 Å². The van der Waals surface area contributed by atoms with E-state index in [0.717, 1.165) is 12.8 Å². The van der Waals surface area contributed by atoms with E-state index in [0.29, 0.717) is 45.1 Å². The number of aromatic nitrogens is 3. The highest BCUT2D eigenvalue weighted by molar-refractivity contribution is 7.89. The second-order valence-corrected chi connectivity index (χ2v) is 8.12. The predicted octanol–water partition coefficient (Wildman–Crippen LogP) is 0.322. The number of likely N-dealkylation sites (tertiary alicyclic amines) is 1. The number of carbonyl (C=O) groups excluding carboxylic acids is 1. The lowest BCUT2D eigenvalue weighted by Crippen LogP contribution is -2.40. The number of aromatic amines is 1. The van der Waals surface area contributed by atoms with E-state index in [1.165, 1.54) is 16.6 Å². The highest BCUT2D eigenvalue weighted by Crippen LogP contribution is 2.24. The van der Waals surface area contributed by atoms with Crippen LogP contribution in [0.4, 0.5) is 0 Å². The lowest BCUT2D eigenvalue weighted by atomic mass is 10.4. The summed E-state index contributed by atoms with van der Waals surface area (Å²) in [7, 11) is -3.61. The van der Waals surface area contributed by atoms with Crippen molar-refractivity contribution in [2.24, 2.45) is 0 Å². The van der Waals surface area contributed by atoms with Crippen molar-refractivity contribution in [1.82, 2.24) is 24.4 Å². The van der Waals surface area contributed by atoms with Gasteiger partial charge < -0.3 is 19.0 Å². The van der Waals surface area contributed by atoms with Gasteiger partial charge in [-0.1, -0.05) is 0 Å². The van der Waals surface area contributed by atoms with Crippen molar-refractivity contribution in [3.05, 3.63) is 18.2 Å². The largest absolute Gasteiger partial charge is 0.411 e. The Morgan fingerprint density at radius 1 is 1.12 bits per heavy atom. The van der Waals surface area contributed by atoms with Crippen LogP contribution < -0.4 is 0 Å². The summed E-state index contributed by atoms with van der Waals surface area (Å²) >= 11 is 0. The third-order valence-electron chi connectivity index (χ3n) is 4.50. The molecule has 0 spiro atoms. The molecule has 4 heterocycles. The number of H-pyrrole nitrogens is 1. The summed E-state index contributed by atoms with van der Waals surface area (Å²) in [6, 6.07) is 1.43. The van der Waals surface area contributed by atoms with Gasteiger partial charge in [0.2, 0.25) is 10.0 Å². The molecule has 11 heteroatoms. The second-order valence-electron chi connectivity index (χ2n) is 6.18. The van der Waals surface area contributed by atoms with E-state index in [2.05, 4.69) is 15.2 Å². The molecule has 0 atom stereocenters. The van der Waals surface area contributed by atoms with Crippen LogP contribution in [0.3, 0.4) is 0 Å². The number of sulfonamides is 1. The molecule has 2 aliphatic rings. The Hall–Kier alpha value is -2.24. The molecular weight excluding hydrogens is 362 g/mol. The third kappa shape index (κ3) is 3.13. The van der Waals surface area contributed by atoms with Gasteiger partial charge >= 0.3 is 11.8 Å². The number of nitrogens with one attached hydrogen (secondary N) is 1. The molecule has 1 N–H and O–H groups in total. The Balaban J connectivity index is 1.54. The number of hydrogen-bond acceptors (Lipinski definition) is 7. The number of nitrogens with zero attached hydrogens (tertiary/aromatic N) is 4. The van der Waals surface area contributed by atoms with Gasteiger partial charge in [-0.25, -0.2) is 8.42 Å². The van der Waals surface area contributed by atoms with E-state index in [4.69, 9.17) is 9.15 Å². The molecule has 0 bridgehead atoms. The van der Waals surface area contributed by atoms with Gasteiger partial charge in [-0.2, -0.15) is 4.31 Å². The summed E-state index contributed by atoms with van der Waals surface area (Å²) in [6.07, 6.45) is 3.31. The molecule has 0 saturated carbocycles. The van der Waals surface area contributed by atoms with Crippen molar-refractivity contribution in [3.8, 4) is 11.6 Å². The molecule has 140 valence electrons. The van der Waals surface area contributed by atoms with Gasteiger partial charge in [0.15, 0.2) is 0 Å². The molecule has 26 heavy (non-hydrogen) atoms. The van der Waals surface area contributed by atoms with Crippen molar-refractivity contribution < 1.29 is 22.4 Å². The van der Waals surface area contributed by atoms with Crippen LogP contribution in [0.5, 0.6) is 0 Å². The normalized spacial score (nSPS) is 19.2. The highest BCUT2D eigenvalue weighted by atomic mass is 32.2. The third-order valence-corrected chi connectivity index (χ3v) is 6.37. The van der Waals surface area contributed by atoms with Crippen LogP contribution in [0.15, 0.2) is 21.6 Å². The standard InChI is InChI=1S/C15H19N5O5S/c21-15(19-3-1-2-4-19)14-18-17-13(25-14)12-9-11(10-16-12)26(22,23)20-5-7-24-8-6-20/h9-10,16H,1-8H2. The van der Waals surface area contributed by atoms with Crippen LogP contribution in [0.2, 0.25) is 0 Å². The molecule has 1 amide bonds. The van der Waals surface area contributed by atoms with E-state index in [1.807, 2.05) is 0 Å². The molecule has 2 aromatic heterocycles. The van der Waals surface area contributed by atoms with Gasteiger partial charge in [-0.15, -0.1) is 10.2 Å². The van der Waals surface area contributed by atoms with Crippen LogP contribution in [0.25, 0.3) is 11.6 Å². The number of morpholine rings is 1. The lowest BCUT2D eigenvalue weighted by Gasteiger charge is -2.25. The second kappa shape index (κ2) is 6.82. The van der Waals surface area contributed by atoms with Crippen molar-refractivity contribution in [2.45, 2.75) is 17.7 Å². The Morgan fingerprint density at radius 3 is 2.58 bits per heavy atom. The van der Waals surface area contributed by atoms with Crippen molar-refractivity contribution in [3.63, 3.8) is 0 Å². The van der Waals surface area contributed by atoms with Crippen molar-refractivity contribution in [2.75, 3.05) is 39.4 Å². The average Bonchev–Trinajstić information content (AvgIpc) is 3.42. The number of carbonyl (C=O) groups is 1. The summed E-state index contributed by atoms with van der Waals surface area (Å²) in [5.74, 6) is -0.306. The van der Waals surface area contributed by atoms with Gasteiger partial charge in [0.05, 0.1) is 13.2 Å². The van der Waals surface area contributed by atoms with Gasteiger partial charge in [0.25, 0.3) is 5.89 Å². The summed E-state index contributed by atoms with van der Waals surface area (Å²) in [5, 5.41) is 7.66. The molecule has 0 unspecified atom stereocenters. The molecule has 4 rings (SSSR count). The number of ether oxygens (including phenoxy) is 1. The summed E-state index contributed by atoms with van der Waals surface area (Å²) in [5.41, 5.74) is 0.352. The fourth-order valence-electron chi connectivity index (χ4n) is 3.06. The molecule has 0 radical (unpaired) electrons. The van der Waals surface area contributed by atoms with Crippen molar-refractivity contribution >= 4 is 15.9 Å². The molecular formula is C15H19N5O5S. The maximum absolute atomic E-state index is 12.6. The minimum atomic E-state index is -3.61. The van der Waals surface area contributed by atoms with E-state index in [1.54, 1.807) is 4.90 Å². The zero-order valence-corrected chi connectivity index (χ0v) is 14.9. The minimum absolute atomic E-state index is 0.0796. The molecule has 2 aromatic rings. The minimum Gasteiger partial charge on any atom is -0.411 e. The first-order valence-corrected chi connectivity index (χ1v) is 9.89. The molecule has 10 nitrogen and oxygen atoms in total. The fraction of sp³-hybridized carbons (Fsp3) is 0.533. The van der Waals surface area contributed by atoms with E-state index in [9.17, 15) is 13.2 Å². The Labute approximate surface area is 150 Å². The lowest BCUT2D eigenvalue weighted by molar-refractivity contribution is 0.0730. The molecule has 2 saturated heterocycles. The van der Waals surface area contributed by atoms with Gasteiger partial charge in [-0.05, 0) is 18.9 Å². The molecule has 2 aliphatic heterocycles. The first-order valence-electron chi connectivity index (χ1n) is 8.45. The average molecular weight is 381 g/mol. The van der Waals surface area contributed by atoms with Crippen LogP contribution >= 0.6 is 0 Å². The predicted molar refractivity (Wildman–Crippen MR) is 88.8 cm³/mol. The fourth-order valence-corrected chi connectivity index (χ4v) is 4.46. The molecule has 0 aliphatic carbocycles. The maximum Gasteiger partial charge on any atom is 0.311 e.